The van der Waals surface area contributed by atoms with Gasteiger partial charge < -0.3 is 0 Å². The molecule has 5 rings (SSSR count). The number of hydrogen-bond acceptors (Lipinski definition) is 0. The number of hydrogen-bond donors (Lipinski definition) is 0. The number of benzene rings is 5. The van der Waals surface area contributed by atoms with E-state index in [0.29, 0.717) is 6.07 Å². The molecule has 0 aliphatic carbocycles. The molecule has 0 heterocycles. The molecule has 36 heavy (non-hydrogen) atoms. The summed E-state index contributed by atoms with van der Waals surface area (Å²) in [4.78, 5) is 0. The summed E-state index contributed by atoms with van der Waals surface area (Å²) in [6, 6.07) is 6.56. The second-order valence-corrected chi connectivity index (χ2v) is 7.77. The molecule has 0 aromatic heterocycles. The lowest BCUT2D eigenvalue weighted by Gasteiger charge is -2.20. The molecule has 0 saturated heterocycles. The molecule has 0 bridgehead atoms. The smallest absolute Gasteiger partial charge is 0.198 e. The summed E-state index contributed by atoms with van der Waals surface area (Å²) < 4.78 is 146. The molecule has 182 valence electrons. The maximum Gasteiger partial charge on any atom is 0.198 e. The van der Waals surface area contributed by atoms with E-state index in [9.17, 15) is 35.1 Å². The molecule has 0 atom stereocenters. The summed E-state index contributed by atoms with van der Waals surface area (Å²) in [6.07, 6.45) is 0. The van der Waals surface area contributed by atoms with Gasteiger partial charge in [-0.2, -0.15) is 0 Å². The predicted octanol–water partition coefficient (Wildman–Crippen LogP) is 8.72. The van der Waals surface area contributed by atoms with Crippen molar-refractivity contribution in [3.8, 4) is 22.3 Å². The Balaban J connectivity index is 2.18. The first-order valence-corrected chi connectivity index (χ1v) is 10.0. The van der Waals surface area contributed by atoms with Crippen LogP contribution in [0.2, 0.25) is 0 Å². The molecule has 0 aliphatic rings. The molecule has 0 amide bonds. The molecule has 0 aliphatic heterocycles. The van der Waals surface area contributed by atoms with Crippen LogP contribution >= 0.6 is 0 Å². The second kappa shape index (κ2) is 8.25. The van der Waals surface area contributed by atoms with E-state index in [1.54, 1.807) is 0 Å². The van der Waals surface area contributed by atoms with Gasteiger partial charge in [0, 0.05) is 39.6 Å². The number of rotatable bonds is 2. The molecule has 0 saturated carbocycles. The summed E-state index contributed by atoms with van der Waals surface area (Å²) in [7, 11) is 0. The van der Waals surface area contributed by atoms with Gasteiger partial charge in [0.15, 0.2) is 46.5 Å². The van der Waals surface area contributed by atoms with Gasteiger partial charge in [-0.05, 0) is 22.9 Å². The average molecular weight is 510 g/mol. The topological polar surface area (TPSA) is 0 Å². The van der Waals surface area contributed by atoms with Crippen LogP contribution in [0.15, 0.2) is 48.5 Å². The van der Waals surface area contributed by atoms with Crippen LogP contribution in [0, 0.1) is 58.2 Å². The quantitative estimate of drug-likeness (QED) is 0.0965. The highest BCUT2D eigenvalue weighted by molar-refractivity contribution is 6.21. The third kappa shape index (κ3) is 3.24. The summed E-state index contributed by atoms with van der Waals surface area (Å²) in [6.45, 7) is 0. The van der Waals surface area contributed by atoms with Gasteiger partial charge in [-0.25, -0.2) is 43.9 Å². The Morgan fingerprint density at radius 3 is 1.42 bits per heavy atom. The minimum atomic E-state index is -2.39. The van der Waals surface area contributed by atoms with Gasteiger partial charge in [0.25, 0.3) is 0 Å². The second-order valence-electron chi connectivity index (χ2n) is 7.77. The van der Waals surface area contributed by atoms with Crippen LogP contribution in [0.5, 0.6) is 0 Å². The Bertz CT molecular complexity index is 1710. The molecule has 5 aromatic rings. The molecule has 0 spiro atoms. The maximum absolute atomic E-state index is 15.3. The van der Waals surface area contributed by atoms with Crippen molar-refractivity contribution in [3.05, 3.63) is 107 Å². The zero-order valence-corrected chi connectivity index (χ0v) is 17.4. The van der Waals surface area contributed by atoms with E-state index in [1.165, 1.54) is 12.1 Å². The lowest BCUT2D eigenvalue weighted by molar-refractivity contribution is 0.418. The fraction of sp³-hybridized carbons (Fsp3) is 0. The average Bonchev–Trinajstić information content (AvgIpc) is 2.85. The fourth-order valence-corrected chi connectivity index (χ4v) is 4.31. The minimum Gasteiger partial charge on any atom is -0.207 e. The van der Waals surface area contributed by atoms with Gasteiger partial charge in [-0.1, -0.05) is 24.3 Å². The SMILES string of the molecule is Fc1ccc(-c2c3ccccc3c(-c3c(F)c(F)cc(F)c3F)c3c(F)c(F)c(F)c(F)c23)c(F)c1. The van der Waals surface area contributed by atoms with E-state index in [2.05, 4.69) is 0 Å². The molecule has 5 aromatic carbocycles. The molecule has 0 nitrogen and oxygen atoms in total. The van der Waals surface area contributed by atoms with E-state index in [-0.39, 0.29) is 11.5 Å². The first-order chi connectivity index (χ1) is 17.0. The molecule has 0 radical (unpaired) electrons. The van der Waals surface area contributed by atoms with Crippen LogP contribution in [0.4, 0.5) is 43.9 Å². The predicted molar refractivity (Wildman–Crippen MR) is 112 cm³/mol. The number of fused-ring (bicyclic) bond motifs is 2. The highest BCUT2D eigenvalue weighted by atomic mass is 19.2. The first kappa shape index (κ1) is 23.7. The Morgan fingerprint density at radius 1 is 0.389 bits per heavy atom. The van der Waals surface area contributed by atoms with Crippen LogP contribution in [0.1, 0.15) is 0 Å². The van der Waals surface area contributed by atoms with Gasteiger partial charge in [0.05, 0.1) is 5.56 Å². The van der Waals surface area contributed by atoms with Gasteiger partial charge in [-0.15, -0.1) is 0 Å². The molecular weight excluding hydrogens is 502 g/mol. The molecule has 10 heteroatoms. The lowest BCUT2D eigenvalue weighted by Crippen LogP contribution is -2.06. The fourth-order valence-electron chi connectivity index (χ4n) is 4.31. The van der Waals surface area contributed by atoms with Gasteiger partial charge in [0.1, 0.15) is 11.6 Å². The molecule has 0 N–H and O–H groups in total. The van der Waals surface area contributed by atoms with Crippen LogP contribution in [-0.2, 0) is 0 Å². The lowest BCUT2D eigenvalue weighted by atomic mass is 9.84. The molecule has 0 unspecified atom stereocenters. The van der Waals surface area contributed by atoms with Crippen LogP contribution < -0.4 is 0 Å². The van der Waals surface area contributed by atoms with Gasteiger partial charge in [0.2, 0.25) is 0 Å². The Labute approximate surface area is 195 Å². The van der Waals surface area contributed by atoms with Crippen LogP contribution in [0.3, 0.4) is 0 Å². The van der Waals surface area contributed by atoms with Gasteiger partial charge in [-0.3, -0.25) is 0 Å². The highest BCUT2D eigenvalue weighted by Crippen LogP contribution is 2.48. The van der Waals surface area contributed by atoms with E-state index < -0.39 is 96.6 Å². The van der Waals surface area contributed by atoms with Crippen LogP contribution in [0.25, 0.3) is 43.8 Å². The normalized spacial score (nSPS) is 11.6. The zero-order valence-electron chi connectivity index (χ0n) is 17.4. The van der Waals surface area contributed by atoms with Crippen molar-refractivity contribution >= 4 is 21.5 Å². The Morgan fingerprint density at radius 2 is 0.889 bits per heavy atom. The summed E-state index contributed by atoms with van der Waals surface area (Å²) in [5.41, 5.74) is -3.78. The highest BCUT2D eigenvalue weighted by Gasteiger charge is 2.32. The third-order valence-electron chi connectivity index (χ3n) is 5.80. The van der Waals surface area contributed by atoms with E-state index in [1.807, 2.05) is 0 Å². The van der Waals surface area contributed by atoms with Crippen molar-refractivity contribution in [1.29, 1.82) is 0 Å². The van der Waals surface area contributed by atoms with Crippen molar-refractivity contribution < 1.29 is 43.9 Å². The Hall–Kier alpha value is -4.08. The maximum atomic E-state index is 15.3. The van der Waals surface area contributed by atoms with Crippen molar-refractivity contribution in [2.24, 2.45) is 0 Å². The van der Waals surface area contributed by atoms with Crippen molar-refractivity contribution in [2.45, 2.75) is 0 Å². The van der Waals surface area contributed by atoms with E-state index in [0.717, 1.165) is 24.3 Å². The monoisotopic (exact) mass is 510 g/mol. The summed E-state index contributed by atoms with van der Waals surface area (Å²) in [5, 5.41) is -3.21. The standard InChI is InChI=1S/C26H8F10/c27-9-5-6-12(13(28)7-9)16-10-3-1-2-4-11(10)17(20-21(31)14(29)8-15(30)22(20)32)19-18(16)23(33)25(35)26(36)24(19)34/h1-8H. The minimum absolute atomic E-state index is 0.127. The first-order valence-electron chi connectivity index (χ1n) is 10.0. The van der Waals surface area contributed by atoms with Gasteiger partial charge >= 0.3 is 0 Å². The Kier molecular flexibility index (Phi) is 5.42. The van der Waals surface area contributed by atoms with Crippen molar-refractivity contribution in [2.75, 3.05) is 0 Å². The van der Waals surface area contributed by atoms with Crippen molar-refractivity contribution in [3.63, 3.8) is 0 Å². The zero-order chi connectivity index (χ0) is 26.0. The van der Waals surface area contributed by atoms with E-state index in [4.69, 9.17) is 0 Å². The van der Waals surface area contributed by atoms with Crippen molar-refractivity contribution in [1.82, 2.24) is 0 Å². The largest absolute Gasteiger partial charge is 0.207 e. The van der Waals surface area contributed by atoms with Crippen LogP contribution in [-0.4, -0.2) is 0 Å². The summed E-state index contributed by atoms with van der Waals surface area (Å²) >= 11 is 0. The summed E-state index contributed by atoms with van der Waals surface area (Å²) in [5.74, 6) is -19.2. The third-order valence-corrected chi connectivity index (χ3v) is 5.80. The van der Waals surface area contributed by atoms with E-state index >= 15 is 8.78 Å². The molecule has 0 fully saturated rings. The number of halogens is 10. The molecular formula is C26H8F10.